The van der Waals surface area contributed by atoms with E-state index in [1.165, 1.54) is 29.0 Å². The van der Waals surface area contributed by atoms with Crippen LogP contribution in [0.5, 0.6) is 0 Å². The van der Waals surface area contributed by atoms with Crippen molar-refractivity contribution in [3.8, 4) is 0 Å². The third-order valence-corrected chi connectivity index (χ3v) is 5.17. The van der Waals surface area contributed by atoms with Crippen LogP contribution in [0, 0.1) is 0 Å². The summed E-state index contributed by atoms with van der Waals surface area (Å²) in [6, 6.07) is 14.3. The normalized spacial score (nSPS) is 17.1. The molecule has 116 valence electrons. The molecule has 3 nitrogen and oxygen atoms in total. The molecule has 1 fully saturated rings. The Balaban J connectivity index is 1.69. The van der Waals surface area contributed by atoms with Crippen LogP contribution in [0.4, 0.5) is 0 Å². The maximum absolute atomic E-state index is 12.5. The summed E-state index contributed by atoms with van der Waals surface area (Å²) in [6.07, 6.45) is 3.80. The number of carbonyl (C=O) groups excluding carboxylic acids is 1. The van der Waals surface area contributed by atoms with Crippen LogP contribution in [0.15, 0.2) is 47.8 Å². The third-order valence-electron chi connectivity index (χ3n) is 4.24. The Morgan fingerprint density at radius 2 is 1.86 bits per heavy atom. The molecule has 2 heterocycles. The van der Waals surface area contributed by atoms with Crippen molar-refractivity contribution in [2.75, 3.05) is 19.6 Å². The molecule has 0 saturated carbocycles. The summed E-state index contributed by atoms with van der Waals surface area (Å²) in [6.45, 7) is 2.85. The predicted octanol–water partition coefficient (Wildman–Crippen LogP) is 2.02. The highest BCUT2D eigenvalue weighted by Gasteiger charge is 2.22. The Bertz CT molecular complexity index is 576. The van der Waals surface area contributed by atoms with Crippen LogP contribution in [-0.2, 0) is 4.79 Å². The van der Waals surface area contributed by atoms with E-state index in [1.54, 1.807) is 11.3 Å². The van der Waals surface area contributed by atoms with Crippen LogP contribution < -0.4 is 10.2 Å². The lowest BCUT2D eigenvalue weighted by atomic mass is 10.1. The van der Waals surface area contributed by atoms with Gasteiger partial charge in [-0.3, -0.25) is 4.79 Å². The van der Waals surface area contributed by atoms with Crippen LogP contribution in [0.1, 0.15) is 35.7 Å². The second-order valence-corrected chi connectivity index (χ2v) is 6.89. The number of benzene rings is 1. The molecule has 1 aromatic heterocycles. The molecule has 1 aliphatic rings. The fraction of sp³-hybridized carbons (Fsp3) is 0.389. The van der Waals surface area contributed by atoms with Gasteiger partial charge in [-0.05, 0) is 36.3 Å². The van der Waals surface area contributed by atoms with Gasteiger partial charge in [-0.25, -0.2) is 0 Å². The SMILES string of the molecule is O=C(C[NH+]1CCCCC1)N[C@H](c1ccccc1)c1cccs1. The number of rotatable bonds is 5. The highest BCUT2D eigenvalue weighted by atomic mass is 32.1. The number of hydrogen-bond acceptors (Lipinski definition) is 2. The molecule has 1 aromatic carbocycles. The van der Waals surface area contributed by atoms with E-state index in [4.69, 9.17) is 0 Å². The molecular weight excluding hydrogens is 292 g/mol. The summed E-state index contributed by atoms with van der Waals surface area (Å²) in [4.78, 5) is 15.1. The minimum absolute atomic E-state index is 0.0297. The summed E-state index contributed by atoms with van der Waals surface area (Å²) >= 11 is 1.69. The zero-order valence-electron chi connectivity index (χ0n) is 12.8. The largest absolute Gasteiger partial charge is 0.339 e. The van der Waals surface area contributed by atoms with Crippen LogP contribution >= 0.6 is 11.3 Å². The second-order valence-electron chi connectivity index (χ2n) is 5.91. The first-order chi connectivity index (χ1) is 10.8. The quantitative estimate of drug-likeness (QED) is 0.870. The number of thiophene rings is 1. The predicted molar refractivity (Wildman–Crippen MR) is 90.2 cm³/mol. The zero-order valence-corrected chi connectivity index (χ0v) is 13.6. The molecule has 1 amide bonds. The Hall–Kier alpha value is -1.65. The molecule has 0 unspecified atom stereocenters. The first-order valence-electron chi connectivity index (χ1n) is 8.04. The number of amides is 1. The number of nitrogens with one attached hydrogen (secondary N) is 2. The van der Waals surface area contributed by atoms with Gasteiger partial charge >= 0.3 is 0 Å². The second kappa shape index (κ2) is 7.56. The van der Waals surface area contributed by atoms with Gasteiger partial charge in [0.2, 0.25) is 0 Å². The summed E-state index contributed by atoms with van der Waals surface area (Å²) in [5.41, 5.74) is 1.15. The standard InChI is InChI=1S/C18H22N2OS/c21-17(14-20-11-5-2-6-12-20)19-18(16-10-7-13-22-16)15-8-3-1-4-9-15/h1,3-4,7-10,13,18H,2,5-6,11-12,14H2,(H,19,21)/p+1/t18-/m1/s1. The Morgan fingerprint density at radius 3 is 2.55 bits per heavy atom. The summed E-state index contributed by atoms with van der Waals surface area (Å²) in [5.74, 6) is 0.152. The van der Waals surface area contributed by atoms with Crippen molar-refractivity contribution < 1.29 is 9.69 Å². The molecule has 0 spiro atoms. The lowest BCUT2D eigenvalue weighted by molar-refractivity contribution is -0.896. The van der Waals surface area contributed by atoms with Crippen molar-refractivity contribution in [3.63, 3.8) is 0 Å². The maximum atomic E-state index is 12.5. The number of piperidine rings is 1. The van der Waals surface area contributed by atoms with E-state index in [9.17, 15) is 4.79 Å². The highest BCUT2D eigenvalue weighted by Crippen LogP contribution is 2.25. The van der Waals surface area contributed by atoms with Gasteiger partial charge in [0.1, 0.15) is 0 Å². The third kappa shape index (κ3) is 3.96. The van der Waals surface area contributed by atoms with E-state index in [0.29, 0.717) is 6.54 Å². The van der Waals surface area contributed by atoms with Crippen LogP contribution in [0.25, 0.3) is 0 Å². The Kier molecular flexibility index (Phi) is 5.24. The van der Waals surface area contributed by atoms with Crippen LogP contribution in [-0.4, -0.2) is 25.5 Å². The van der Waals surface area contributed by atoms with Gasteiger partial charge < -0.3 is 10.2 Å². The van der Waals surface area contributed by atoms with Gasteiger partial charge in [0.05, 0.1) is 19.1 Å². The molecule has 0 aliphatic carbocycles. The lowest BCUT2D eigenvalue weighted by Gasteiger charge is -2.24. The van der Waals surface area contributed by atoms with Crippen molar-refractivity contribution >= 4 is 17.2 Å². The first kappa shape index (κ1) is 15.3. The van der Waals surface area contributed by atoms with Crippen molar-refractivity contribution in [2.45, 2.75) is 25.3 Å². The van der Waals surface area contributed by atoms with E-state index in [-0.39, 0.29) is 11.9 Å². The smallest absolute Gasteiger partial charge is 0.275 e. The van der Waals surface area contributed by atoms with E-state index in [2.05, 4.69) is 28.9 Å². The van der Waals surface area contributed by atoms with Crippen molar-refractivity contribution in [2.24, 2.45) is 0 Å². The van der Waals surface area contributed by atoms with Crippen molar-refractivity contribution in [1.82, 2.24) is 5.32 Å². The topological polar surface area (TPSA) is 33.5 Å². The summed E-state index contributed by atoms with van der Waals surface area (Å²) in [7, 11) is 0. The Morgan fingerprint density at radius 1 is 1.09 bits per heavy atom. The van der Waals surface area contributed by atoms with Crippen molar-refractivity contribution in [1.29, 1.82) is 0 Å². The van der Waals surface area contributed by atoms with Gasteiger partial charge in [-0.2, -0.15) is 0 Å². The lowest BCUT2D eigenvalue weighted by Crippen LogP contribution is -3.13. The van der Waals surface area contributed by atoms with Gasteiger partial charge in [-0.1, -0.05) is 36.4 Å². The molecule has 1 atom stereocenters. The fourth-order valence-corrected chi connectivity index (χ4v) is 3.89. The molecule has 4 heteroatoms. The average Bonchev–Trinajstić information content (AvgIpc) is 3.08. The minimum Gasteiger partial charge on any atom is -0.339 e. The molecule has 2 aromatic rings. The van der Waals surface area contributed by atoms with Gasteiger partial charge in [0, 0.05) is 4.88 Å². The van der Waals surface area contributed by atoms with Gasteiger partial charge in [-0.15, -0.1) is 11.3 Å². The molecule has 0 radical (unpaired) electrons. The maximum Gasteiger partial charge on any atom is 0.275 e. The Labute approximate surface area is 136 Å². The molecule has 3 rings (SSSR count). The van der Waals surface area contributed by atoms with Gasteiger partial charge in [0.15, 0.2) is 6.54 Å². The highest BCUT2D eigenvalue weighted by molar-refractivity contribution is 7.10. The molecule has 2 N–H and O–H groups in total. The number of hydrogen-bond donors (Lipinski definition) is 2. The van der Waals surface area contributed by atoms with Crippen molar-refractivity contribution in [3.05, 3.63) is 58.3 Å². The first-order valence-corrected chi connectivity index (χ1v) is 8.92. The summed E-state index contributed by atoms with van der Waals surface area (Å²) < 4.78 is 0. The summed E-state index contributed by atoms with van der Waals surface area (Å²) in [5, 5.41) is 5.30. The number of carbonyl (C=O) groups is 1. The fourth-order valence-electron chi connectivity index (χ4n) is 3.09. The number of likely N-dealkylation sites (tertiary alicyclic amines) is 1. The molecular formula is C18H23N2OS+. The van der Waals surface area contributed by atoms with E-state index < -0.39 is 0 Å². The zero-order chi connectivity index (χ0) is 15.2. The van der Waals surface area contributed by atoms with E-state index >= 15 is 0 Å². The van der Waals surface area contributed by atoms with Gasteiger partial charge in [0.25, 0.3) is 5.91 Å². The number of quaternary nitrogens is 1. The average molecular weight is 315 g/mol. The van der Waals surface area contributed by atoms with Crippen LogP contribution in [0.2, 0.25) is 0 Å². The minimum atomic E-state index is -0.0297. The monoisotopic (exact) mass is 315 g/mol. The molecule has 0 bridgehead atoms. The van der Waals surface area contributed by atoms with E-state index in [1.807, 2.05) is 24.3 Å². The molecule has 22 heavy (non-hydrogen) atoms. The molecule has 1 aliphatic heterocycles. The van der Waals surface area contributed by atoms with Crippen LogP contribution in [0.3, 0.4) is 0 Å². The molecule has 1 saturated heterocycles. The van der Waals surface area contributed by atoms with E-state index in [0.717, 1.165) is 18.7 Å².